The number of hydrogen-bond acceptors (Lipinski definition) is 4. The Bertz CT molecular complexity index is 854. The third kappa shape index (κ3) is 4.29. The van der Waals surface area contributed by atoms with Crippen molar-refractivity contribution in [3.63, 3.8) is 0 Å². The van der Waals surface area contributed by atoms with Crippen LogP contribution in [0.1, 0.15) is 28.6 Å². The zero-order valence-electron chi connectivity index (χ0n) is 15.4. The van der Waals surface area contributed by atoms with Crippen LogP contribution in [0.4, 0.5) is 0 Å². The third-order valence-corrected chi connectivity index (χ3v) is 6.34. The molecule has 140 valence electrons. The first-order valence-electron chi connectivity index (χ1n) is 8.67. The SMILES string of the molecule is Cc1cc(Cc2ccccc2)cc([C@H]2CN(S(=O)(=O)N(C)C)CCO2)n1. The molecule has 0 amide bonds. The number of rotatable bonds is 5. The number of hydrogen-bond donors (Lipinski definition) is 0. The minimum atomic E-state index is -3.45. The highest BCUT2D eigenvalue weighted by molar-refractivity contribution is 7.86. The van der Waals surface area contributed by atoms with E-state index >= 15 is 0 Å². The fourth-order valence-corrected chi connectivity index (χ4v) is 4.20. The molecule has 0 saturated carbocycles. The zero-order chi connectivity index (χ0) is 18.7. The van der Waals surface area contributed by atoms with Gasteiger partial charge < -0.3 is 4.74 Å². The Hall–Kier alpha value is -1.80. The molecule has 0 radical (unpaired) electrons. The molecule has 0 aliphatic carbocycles. The fraction of sp³-hybridized carbons (Fsp3) is 0.421. The summed E-state index contributed by atoms with van der Waals surface area (Å²) in [5.74, 6) is 0. The van der Waals surface area contributed by atoms with Crippen molar-refractivity contribution in [1.82, 2.24) is 13.6 Å². The van der Waals surface area contributed by atoms with Crippen LogP contribution in [0.3, 0.4) is 0 Å². The number of nitrogens with zero attached hydrogens (tertiary/aromatic N) is 3. The molecule has 1 aliphatic rings. The molecule has 3 rings (SSSR count). The first kappa shape index (κ1) is 19.0. The van der Waals surface area contributed by atoms with Crippen LogP contribution in [-0.2, 0) is 21.4 Å². The summed E-state index contributed by atoms with van der Waals surface area (Å²) >= 11 is 0. The average Bonchev–Trinajstić information content (AvgIpc) is 2.62. The summed E-state index contributed by atoms with van der Waals surface area (Å²) in [6.07, 6.45) is 0.455. The minimum Gasteiger partial charge on any atom is -0.369 e. The van der Waals surface area contributed by atoms with Gasteiger partial charge in [0.2, 0.25) is 0 Å². The van der Waals surface area contributed by atoms with Gasteiger partial charge in [-0.1, -0.05) is 30.3 Å². The lowest BCUT2D eigenvalue weighted by molar-refractivity contribution is -0.00633. The standard InChI is InChI=1S/C19H25N3O3S/c1-15-11-17(12-16-7-5-4-6-8-16)13-18(20-15)19-14-22(9-10-25-19)26(23,24)21(2)3/h4-8,11,13,19H,9-10,12,14H2,1-3H3/t19-/m1/s1. The highest BCUT2D eigenvalue weighted by Crippen LogP contribution is 2.25. The van der Waals surface area contributed by atoms with Crippen molar-refractivity contribution in [2.45, 2.75) is 19.4 Å². The minimum absolute atomic E-state index is 0.280. The van der Waals surface area contributed by atoms with E-state index in [4.69, 9.17) is 4.74 Å². The highest BCUT2D eigenvalue weighted by atomic mass is 32.2. The molecule has 1 aliphatic heterocycles. The lowest BCUT2D eigenvalue weighted by atomic mass is 10.0. The summed E-state index contributed by atoms with van der Waals surface area (Å²) in [5, 5.41) is 0. The average molecular weight is 375 g/mol. The summed E-state index contributed by atoms with van der Waals surface area (Å²) in [5.41, 5.74) is 4.07. The molecule has 6 nitrogen and oxygen atoms in total. The van der Waals surface area contributed by atoms with Crippen LogP contribution in [0.15, 0.2) is 42.5 Å². The van der Waals surface area contributed by atoms with E-state index in [1.165, 1.54) is 14.2 Å². The van der Waals surface area contributed by atoms with Gasteiger partial charge in [0.05, 0.1) is 12.3 Å². The van der Waals surface area contributed by atoms with E-state index in [1.54, 1.807) is 14.1 Å². The molecule has 1 aromatic carbocycles. The van der Waals surface area contributed by atoms with Crippen molar-refractivity contribution in [3.05, 3.63) is 65.0 Å². The lowest BCUT2D eigenvalue weighted by Crippen LogP contribution is -2.47. The summed E-state index contributed by atoms with van der Waals surface area (Å²) in [6, 6.07) is 14.3. The largest absolute Gasteiger partial charge is 0.369 e. The second kappa shape index (κ2) is 7.84. The van der Waals surface area contributed by atoms with E-state index in [2.05, 4.69) is 23.2 Å². The Kier molecular flexibility index (Phi) is 5.72. The molecular weight excluding hydrogens is 350 g/mol. The van der Waals surface area contributed by atoms with Crippen LogP contribution in [0.2, 0.25) is 0 Å². The smallest absolute Gasteiger partial charge is 0.281 e. The van der Waals surface area contributed by atoms with Crippen LogP contribution in [0.5, 0.6) is 0 Å². The van der Waals surface area contributed by atoms with E-state index in [0.29, 0.717) is 13.2 Å². The van der Waals surface area contributed by atoms with Crippen molar-refractivity contribution < 1.29 is 13.2 Å². The Morgan fingerprint density at radius 2 is 1.92 bits per heavy atom. The van der Waals surface area contributed by atoms with Gasteiger partial charge >= 0.3 is 0 Å². The van der Waals surface area contributed by atoms with Crippen molar-refractivity contribution in [3.8, 4) is 0 Å². The second-order valence-electron chi connectivity index (χ2n) is 6.71. The highest BCUT2D eigenvalue weighted by Gasteiger charge is 2.32. The van der Waals surface area contributed by atoms with Gasteiger partial charge in [-0.15, -0.1) is 0 Å². The van der Waals surface area contributed by atoms with Gasteiger partial charge in [0.15, 0.2) is 0 Å². The van der Waals surface area contributed by atoms with E-state index in [1.807, 2.05) is 31.2 Å². The molecule has 0 unspecified atom stereocenters. The number of pyridine rings is 1. The molecule has 0 N–H and O–H groups in total. The van der Waals surface area contributed by atoms with E-state index in [0.717, 1.165) is 23.4 Å². The van der Waals surface area contributed by atoms with E-state index < -0.39 is 10.2 Å². The topological polar surface area (TPSA) is 62.7 Å². The molecule has 1 aromatic heterocycles. The Morgan fingerprint density at radius 3 is 2.62 bits per heavy atom. The lowest BCUT2D eigenvalue weighted by Gasteiger charge is -2.33. The predicted molar refractivity (Wildman–Crippen MR) is 101 cm³/mol. The molecule has 26 heavy (non-hydrogen) atoms. The van der Waals surface area contributed by atoms with Gasteiger partial charge in [0.25, 0.3) is 10.2 Å². The summed E-state index contributed by atoms with van der Waals surface area (Å²) in [4.78, 5) is 4.60. The van der Waals surface area contributed by atoms with Crippen LogP contribution in [-0.4, -0.2) is 55.8 Å². The molecule has 1 fully saturated rings. The van der Waals surface area contributed by atoms with Gasteiger partial charge in [-0.2, -0.15) is 17.0 Å². The van der Waals surface area contributed by atoms with Crippen LogP contribution in [0, 0.1) is 6.92 Å². The molecule has 0 spiro atoms. The van der Waals surface area contributed by atoms with Crippen LogP contribution in [0.25, 0.3) is 0 Å². The Morgan fingerprint density at radius 1 is 1.19 bits per heavy atom. The molecule has 7 heteroatoms. The van der Waals surface area contributed by atoms with Gasteiger partial charge in [0.1, 0.15) is 6.10 Å². The first-order chi connectivity index (χ1) is 12.4. The summed E-state index contributed by atoms with van der Waals surface area (Å²) in [6.45, 7) is 2.96. The van der Waals surface area contributed by atoms with Crippen molar-refractivity contribution in [2.75, 3.05) is 33.8 Å². The number of aromatic nitrogens is 1. The number of ether oxygens (including phenoxy) is 1. The van der Waals surface area contributed by atoms with Crippen LogP contribution < -0.4 is 0 Å². The normalized spacial score (nSPS) is 19.0. The van der Waals surface area contributed by atoms with Gasteiger partial charge in [-0.05, 0) is 36.6 Å². The predicted octanol–water partition coefficient (Wildman–Crippen LogP) is 2.16. The zero-order valence-corrected chi connectivity index (χ0v) is 16.2. The van der Waals surface area contributed by atoms with E-state index in [-0.39, 0.29) is 12.6 Å². The summed E-state index contributed by atoms with van der Waals surface area (Å²) in [7, 11) is -0.362. The maximum Gasteiger partial charge on any atom is 0.281 e. The Labute approximate surface area is 155 Å². The maximum atomic E-state index is 12.4. The molecule has 2 heterocycles. The molecule has 1 saturated heterocycles. The van der Waals surface area contributed by atoms with Crippen molar-refractivity contribution >= 4 is 10.2 Å². The molecular formula is C19H25N3O3S. The molecule has 0 bridgehead atoms. The first-order valence-corrected chi connectivity index (χ1v) is 10.1. The van der Waals surface area contributed by atoms with Gasteiger partial charge in [-0.25, -0.2) is 0 Å². The van der Waals surface area contributed by atoms with Gasteiger partial charge in [0, 0.05) is 32.9 Å². The Balaban J connectivity index is 1.82. The van der Waals surface area contributed by atoms with Crippen LogP contribution >= 0.6 is 0 Å². The number of benzene rings is 1. The van der Waals surface area contributed by atoms with Crippen molar-refractivity contribution in [2.24, 2.45) is 0 Å². The van der Waals surface area contributed by atoms with Gasteiger partial charge in [-0.3, -0.25) is 4.98 Å². The number of aryl methyl sites for hydroxylation is 1. The second-order valence-corrected chi connectivity index (χ2v) is 8.85. The number of morpholine rings is 1. The van der Waals surface area contributed by atoms with Crippen molar-refractivity contribution in [1.29, 1.82) is 0 Å². The quantitative estimate of drug-likeness (QED) is 0.803. The van der Waals surface area contributed by atoms with E-state index in [9.17, 15) is 8.42 Å². The fourth-order valence-electron chi connectivity index (χ4n) is 3.11. The molecule has 2 aromatic rings. The third-order valence-electron chi connectivity index (χ3n) is 4.43. The monoisotopic (exact) mass is 375 g/mol. The molecule has 1 atom stereocenters. The summed E-state index contributed by atoms with van der Waals surface area (Å²) < 4.78 is 33.4. The maximum absolute atomic E-state index is 12.4.